The van der Waals surface area contributed by atoms with Gasteiger partial charge in [-0.15, -0.1) is 0 Å². The first-order valence-corrected chi connectivity index (χ1v) is 10.2. The molecule has 0 N–H and O–H groups in total. The van der Waals surface area contributed by atoms with Gasteiger partial charge >= 0.3 is 0 Å². The van der Waals surface area contributed by atoms with E-state index in [1.807, 2.05) is 71.6 Å². The Morgan fingerprint density at radius 2 is 1.79 bits per heavy atom. The van der Waals surface area contributed by atoms with E-state index in [0.717, 1.165) is 40.9 Å². The number of nitrogens with zero attached hydrogens (tertiary/aromatic N) is 2. The zero-order valence-electron chi connectivity index (χ0n) is 15.2. The van der Waals surface area contributed by atoms with Crippen molar-refractivity contribution in [3.05, 3.63) is 89.5 Å². The minimum Gasteiger partial charge on any atom is -0.431 e. The predicted molar refractivity (Wildman–Crippen MR) is 112 cm³/mol. The van der Waals surface area contributed by atoms with Gasteiger partial charge in [-0.2, -0.15) is 0 Å². The molecule has 0 spiro atoms. The molecule has 28 heavy (non-hydrogen) atoms. The van der Waals surface area contributed by atoms with Crippen LogP contribution in [0.2, 0.25) is 0 Å². The van der Waals surface area contributed by atoms with Crippen LogP contribution in [0.15, 0.2) is 82.4 Å². The second-order valence-corrected chi connectivity index (χ2v) is 7.66. The van der Waals surface area contributed by atoms with E-state index in [4.69, 9.17) is 4.42 Å². The Morgan fingerprint density at radius 3 is 2.71 bits per heavy atom. The number of aromatic nitrogens is 1. The summed E-state index contributed by atoms with van der Waals surface area (Å²) in [5.41, 5.74) is 5.61. The van der Waals surface area contributed by atoms with Crippen molar-refractivity contribution in [3.8, 4) is 0 Å². The lowest BCUT2D eigenvalue weighted by Crippen LogP contribution is -2.29. The molecule has 5 heteroatoms. The molecule has 0 radical (unpaired) electrons. The first-order chi connectivity index (χ1) is 13.8. The molecule has 0 atom stereocenters. The van der Waals surface area contributed by atoms with E-state index in [2.05, 4.69) is 11.1 Å². The number of benzene rings is 3. The zero-order valence-corrected chi connectivity index (χ0v) is 16.0. The van der Waals surface area contributed by atoms with Gasteiger partial charge in [0.25, 0.3) is 11.1 Å². The van der Waals surface area contributed by atoms with Crippen LogP contribution in [0, 0.1) is 0 Å². The van der Waals surface area contributed by atoms with Crippen molar-refractivity contribution in [1.29, 1.82) is 0 Å². The summed E-state index contributed by atoms with van der Waals surface area (Å²) in [6.07, 6.45) is 0.904. The third kappa shape index (κ3) is 3.08. The summed E-state index contributed by atoms with van der Waals surface area (Å²) in [7, 11) is 0. The summed E-state index contributed by atoms with van der Waals surface area (Å²) in [4.78, 5) is 19.7. The van der Waals surface area contributed by atoms with Gasteiger partial charge in [0.1, 0.15) is 5.52 Å². The van der Waals surface area contributed by atoms with E-state index in [1.165, 1.54) is 17.3 Å². The molecule has 138 valence electrons. The van der Waals surface area contributed by atoms with Crippen LogP contribution in [0.3, 0.4) is 0 Å². The maximum Gasteiger partial charge on any atom is 0.258 e. The number of carbonyl (C=O) groups is 1. The SMILES string of the molecule is O=C(c1ccccc1CSc1nc2ccccc2o1)N1CCc2ccccc21. The van der Waals surface area contributed by atoms with Crippen LogP contribution >= 0.6 is 11.8 Å². The summed E-state index contributed by atoms with van der Waals surface area (Å²) >= 11 is 1.51. The fourth-order valence-corrected chi connectivity index (χ4v) is 4.44. The van der Waals surface area contributed by atoms with E-state index in [1.54, 1.807) is 0 Å². The Kier molecular flexibility index (Phi) is 4.37. The van der Waals surface area contributed by atoms with Gasteiger partial charge in [0.2, 0.25) is 0 Å². The number of hydrogen-bond acceptors (Lipinski definition) is 4. The Morgan fingerprint density at radius 1 is 1.00 bits per heavy atom. The third-order valence-electron chi connectivity index (χ3n) is 5.01. The molecule has 3 aromatic carbocycles. The van der Waals surface area contributed by atoms with Gasteiger partial charge in [0.05, 0.1) is 0 Å². The average molecular weight is 386 g/mol. The van der Waals surface area contributed by atoms with Crippen LogP contribution in [0.1, 0.15) is 21.5 Å². The number of thioether (sulfide) groups is 1. The minimum absolute atomic E-state index is 0.0544. The number of fused-ring (bicyclic) bond motifs is 2. The third-order valence-corrected chi connectivity index (χ3v) is 5.88. The number of hydrogen-bond donors (Lipinski definition) is 0. The van der Waals surface area contributed by atoms with Gasteiger partial charge in [0.15, 0.2) is 5.58 Å². The molecule has 0 unspecified atom stereocenters. The maximum absolute atomic E-state index is 13.3. The van der Waals surface area contributed by atoms with Gasteiger partial charge in [-0.3, -0.25) is 4.79 Å². The molecule has 4 nitrogen and oxygen atoms in total. The lowest BCUT2D eigenvalue weighted by Gasteiger charge is -2.19. The highest BCUT2D eigenvalue weighted by Crippen LogP contribution is 2.31. The molecule has 1 amide bonds. The summed E-state index contributed by atoms with van der Waals surface area (Å²) in [5, 5.41) is 0.620. The quantitative estimate of drug-likeness (QED) is 0.445. The van der Waals surface area contributed by atoms with Gasteiger partial charge in [0, 0.05) is 23.5 Å². The molecule has 1 aromatic heterocycles. The van der Waals surface area contributed by atoms with Gasteiger partial charge in [-0.05, 0) is 41.8 Å². The smallest absolute Gasteiger partial charge is 0.258 e. The zero-order chi connectivity index (χ0) is 18.9. The van der Waals surface area contributed by atoms with E-state index < -0.39 is 0 Å². The number of para-hydroxylation sites is 3. The largest absolute Gasteiger partial charge is 0.431 e. The van der Waals surface area contributed by atoms with Gasteiger partial charge in [-0.1, -0.05) is 60.3 Å². The van der Waals surface area contributed by atoms with Crippen LogP contribution in [0.5, 0.6) is 0 Å². The molecule has 1 aliphatic heterocycles. The first-order valence-electron chi connectivity index (χ1n) is 9.25. The molecule has 4 aromatic rings. The molecule has 5 rings (SSSR count). The van der Waals surface area contributed by atoms with Crippen LogP contribution in [0.25, 0.3) is 11.1 Å². The highest BCUT2D eigenvalue weighted by atomic mass is 32.2. The maximum atomic E-state index is 13.3. The van der Waals surface area contributed by atoms with Crippen molar-refractivity contribution < 1.29 is 9.21 Å². The molecule has 0 bridgehead atoms. The van der Waals surface area contributed by atoms with Crippen LogP contribution < -0.4 is 4.90 Å². The van der Waals surface area contributed by atoms with Crippen molar-refractivity contribution in [3.63, 3.8) is 0 Å². The summed E-state index contributed by atoms with van der Waals surface area (Å²) in [6.45, 7) is 0.727. The number of carbonyl (C=O) groups excluding carboxylic acids is 1. The highest BCUT2D eigenvalue weighted by molar-refractivity contribution is 7.98. The number of rotatable bonds is 4. The van der Waals surface area contributed by atoms with E-state index in [9.17, 15) is 4.79 Å². The topological polar surface area (TPSA) is 46.3 Å². The second kappa shape index (κ2) is 7.17. The molecule has 2 heterocycles. The molecule has 0 saturated heterocycles. The van der Waals surface area contributed by atoms with E-state index in [0.29, 0.717) is 11.0 Å². The summed E-state index contributed by atoms with van der Waals surface area (Å²) < 4.78 is 5.79. The lowest BCUT2D eigenvalue weighted by molar-refractivity contribution is 0.0988. The number of amides is 1. The summed E-state index contributed by atoms with van der Waals surface area (Å²) in [6, 6.07) is 23.7. The normalized spacial score (nSPS) is 13.1. The second-order valence-electron chi connectivity index (χ2n) is 6.73. The standard InChI is InChI=1S/C23H18N2O2S/c26-22(25-14-13-16-7-2-5-11-20(16)25)18-9-3-1-8-17(18)15-28-23-24-19-10-4-6-12-21(19)27-23/h1-12H,13-15H2. The molecule has 0 aliphatic carbocycles. The minimum atomic E-state index is 0.0544. The highest BCUT2D eigenvalue weighted by Gasteiger charge is 2.26. The first kappa shape index (κ1) is 17.1. The fraction of sp³-hybridized carbons (Fsp3) is 0.130. The average Bonchev–Trinajstić information content (AvgIpc) is 3.36. The van der Waals surface area contributed by atoms with E-state index in [-0.39, 0.29) is 5.91 Å². The number of oxazole rings is 1. The van der Waals surface area contributed by atoms with Crippen LogP contribution in [-0.2, 0) is 12.2 Å². The lowest BCUT2D eigenvalue weighted by atomic mass is 10.1. The van der Waals surface area contributed by atoms with Crippen LogP contribution in [-0.4, -0.2) is 17.4 Å². The molecule has 0 saturated carbocycles. The Bertz CT molecular complexity index is 1130. The molecular weight excluding hydrogens is 368 g/mol. The molecule has 1 aliphatic rings. The number of anilines is 1. The van der Waals surface area contributed by atoms with Crippen molar-refractivity contribution in [2.45, 2.75) is 17.4 Å². The van der Waals surface area contributed by atoms with Crippen molar-refractivity contribution in [1.82, 2.24) is 4.98 Å². The molecule has 0 fully saturated rings. The van der Waals surface area contributed by atoms with Crippen molar-refractivity contribution in [2.75, 3.05) is 11.4 Å². The van der Waals surface area contributed by atoms with Gasteiger partial charge < -0.3 is 9.32 Å². The van der Waals surface area contributed by atoms with Gasteiger partial charge in [-0.25, -0.2) is 4.98 Å². The van der Waals surface area contributed by atoms with Crippen molar-refractivity contribution in [2.24, 2.45) is 0 Å². The Hall–Kier alpha value is -3.05. The Labute approximate surface area is 167 Å². The summed E-state index contributed by atoms with van der Waals surface area (Å²) in [5.74, 6) is 0.684. The predicted octanol–water partition coefficient (Wildman–Crippen LogP) is 5.32. The Balaban J connectivity index is 1.39. The van der Waals surface area contributed by atoms with Crippen molar-refractivity contribution >= 4 is 34.5 Å². The fourth-order valence-electron chi connectivity index (χ4n) is 3.60. The monoisotopic (exact) mass is 386 g/mol. The van der Waals surface area contributed by atoms with E-state index >= 15 is 0 Å². The van der Waals surface area contributed by atoms with Crippen LogP contribution in [0.4, 0.5) is 5.69 Å². The molecular formula is C23H18N2O2S.